The maximum absolute atomic E-state index is 11.3. The van der Waals surface area contributed by atoms with Crippen LogP contribution in [0.1, 0.15) is 39.0 Å². The lowest BCUT2D eigenvalue weighted by Crippen LogP contribution is -2.41. The van der Waals surface area contributed by atoms with Gasteiger partial charge in [0.25, 0.3) is 5.91 Å². The van der Waals surface area contributed by atoms with Gasteiger partial charge in [0.2, 0.25) is 5.78 Å². The van der Waals surface area contributed by atoms with Crippen LogP contribution in [0.15, 0.2) is 0 Å². The third-order valence-electron chi connectivity index (χ3n) is 2.74. The molecule has 13 heavy (non-hydrogen) atoms. The van der Waals surface area contributed by atoms with Gasteiger partial charge in [0, 0.05) is 20.0 Å². The predicted octanol–water partition coefficient (Wildman–Crippen LogP) is 1.37. The van der Waals surface area contributed by atoms with Gasteiger partial charge < -0.3 is 4.90 Å². The van der Waals surface area contributed by atoms with Crippen molar-refractivity contribution in [3.05, 3.63) is 0 Å². The Morgan fingerprint density at radius 3 is 2.15 bits per heavy atom. The summed E-state index contributed by atoms with van der Waals surface area (Å²) >= 11 is 0. The molecule has 1 aliphatic rings. The van der Waals surface area contributed by atoms with Gasteiger partial charge in [0.05, 0.1) is 0 Å². The summed E-state index contributed by atoms with van der Waals surface area (Å²) in [6.45, 7) is 1.33. The zero-order chi connectivity index (χ0) is 9.84. The molecule has 0 aliphatic heterocycles. The van der Waals surface area contributed by atoms with Crippen molar-refractivity contribution >= 4 is 11.7 Å². The summed E-state index contributed by atoms with van der Waals surface area (Å²) in [5.74, 6) is -0.694. The Bertz CT molecular complexity index is 207. The second kappa shape index (κ2) is 4.40. The quantitative estimate of drug-likeness (QED) is 0.606. The van der Waals surface area contributed by atoms with Crippen LogP contribution in [0, 0.1) is 0 Å². The number of carbonyl (C=O) groups excluding carboxylic acids is 2. The Morgan fingerprint density at radius 1 is 1.15 bits per heavy atom. The fourth-order valence-electron chi connectivity index (χ4n) is 1.88. The highest BCUT2D eigenvalue weighted by atomic mass is 16.2. The molecule has 0 saturated heterocycles. The third-order valence-corrected chi connectivity index (χ3v) is 2.74. The van der Waals surface area contributed by atoms with Crippen LogP contribution >= 0.6 is 0 Å². The molecule has 0 aromatic carbocycles. The Kier molecular flexibility index (Phi) is 3.46. The fourth-order valence-corrected chi connectivity index (χ4v) is 1.88. The van der Waals surface area contributed by atoms with Crippen molar-refractivity contribution in [2.45, 2.75) is 45.1 Å². The maximum atomic E-state index is 11.3. The van der Waals surface area contributed by atoms with Crippen LogP contribution in [0.5, 0.6) is 0 Å². The molecule has 0 heterocycles. The lowest BCUT2D eigenvalue weighted by atomic mass is 9.94. The van der Waals surface area contributed by atoms with E-state index in [0.29, 0.717) is 6.04 Å². The zero-order valence-corrected chi connectivity index (χ0v) is 8.38. The minimum Gasteiger partial charge on any atom is -0.336 e. The van der Waals surface area contributed by atoms with Crippen molar-refractivity contribution in [2.75, 3.05) is 7.05 Å². The Hall–Kier alpha value is -0.860. The van der Waals surface area contributed by atoms with Crippen molar-refractivity contribution < 1.29 is 9.59 Å². The normalized spacial score (nSPS) is 18.3. The molecule has 1 aliphatic carbocycles. The van der Waals surface area contributed by atoms with E-state index in [9.17, 15) is 9.59 Å². The number of hydrogen-bond acceptors (Lipinski definition) is 2. The number of amides is 1. The van der Waals surface area contributed by atoms with Crippen LogP contribution < -0.4 is 0 Å². The SMILES string of the molecule is CC(=O)C(=O)N(C)C1CCCCC1. The molecule has 0 unspecified atom stereocenters. The molecule has 0 aromatic rings. The molecule has 0 atom stereocenters. The van der Waals surface area contributed by atoms with Gasteiger partial charge in [-0.15, -0.1) is 0 Å². The number of rotatable bonds is 2. The highest BCUT2D eigenvalue weighted by Gasteiger charge is 2.23. The molecule has 74 valence electrons. The molecule has 3 heteroatoms. The number of likely N-dealkylation sites (N-methyl/N-ethyl adjacent to an activating group) is 1. The lowest BCUT2D eigenvalue weighted by molar-refractivity contribution is -0.144. The Balaban J connectivity index is 2.49. The van der Waals surface area contributed by atoms with E-state index in [1.807, 2.05) is 0 Å². The van der Waals surface area contributed by atoms with Crippen LogP contribution in [-0.4, -0.2) is 29.7 Å². The summed E-state index contributed by atoms with van der Waals surface area (Å²) in [7, 11) is 1.74. The van der Waals surface area contributed by atoms with Crippen molar-refractivity contribution in [1.29, 1.82) is 0 Å². The average Bonchev–Trinajstić information content (AvgIpc) is 2.17. The monoisotopic (exact) mass is 183 g/mol. The zero-order valence-electron chi connectivity index (χ0n) is 8.38. The number of hydrogen-bond donors (Lipinski definition) is 0. The molecule has 0 spiro atoms. The summed E-state index contributed by atoms with van der Waals surface area (Å²) in [6, 6.07) is 0.296. The van der Waals surface area contributed by atoms with Crippen molar-refractivity contribution in [3.8, 4) is 0 Å². The lowest BCUT2D eigenvalue weighted by Gasteiger charge is -2.30. The van der Waals surface area contributed by atoms with E-state index in [2.05, 4.69) is 0 Å². The minimum absolute atomic E-state index is 0.296. The van der Waals surface area contributed by atoms with Crippen molar-refractivity contribution in [1.82, 2.24) is 4.90 Å². The summed E-state index contributed by atoms with van der Waals surface area (Å²) in [5, 5.41) is 0. The Labute approximate surface area is 79.1 Å². The standard InChI is InChI=1S/C10H17NO2/c1-8(12)10(13)11(2)9-6-4-3-5-7-9/h9H,3-7H2,1-2H3. The molecule has 0 bridgehead atoms. The second-order valence-electron chi connectivity index (χ2n) is 3.76. The predicted molar refractivity (Wildman–Crippen MR) is 50.3 cm³/mol. The first kappa shape index (κ1) is 10.2. The van der Waals surface area contributed by atoms with Crippen LogP contribution in [-0.2, 0) is 9.59 Å². The fraction of sp³-hybridized carbons (Fsp3) is 0.800. The highest BCUT2D eigenvalue weighted by molar-refractivity contribution is 6.35. The topological polar surface area (TPSA) is 37.4 Å². The third kappa shape index (κ3) is 2.54. The molecule has 1 saturated carbocycles. The number of Topliss-reactive ketones (excluding diaryl/α,β-unsaturated/α-hetero) is 1. The van der Waals surface area contributed by atoms with E-state index in [4.69, 9.17) is 0 Å². The van der Waals surface area contributed by atoms with Gasteiger partial charge in [-0.1, -0.05) is 19.3 Å². The molecular weight excluding hydrogens is 166 g/mol. The first-order valence-corrected chi connectivity index (χ1v) is 4.90. The van der Waals surface area contributed by atoms with Gasteiger partial charge in [-0.3, -0.25) is 9.59 Å². The molecular formula is C10H17NO2. The van der Waals surface area contributed by atoms with Gasteiger partial charge in [0.15, 0.2) is 0 Å². The van der Waals surface area contributed by atoms with Crippen LogP contribution in [0.4, 0.5) is 0 Å². The number of carbonyl (C=O) groups is 2. The molecule has 1 amide bonds. The van der Waals surface area contributed by atoms with Gasteiger partial charge >= 0.3 is 0 Å². The largest absolute Gasteiger partial charge is 0.336 e. The maximum Gasteiger partial charge on any atom is 0.289 e. The van der Waals surface area contributed by atoms with Crippen LogP contribution in [0.2, 0.25) is 0 Å². The average molecular weight is 183 g/mol. The first-order valence-electron chi connectivity index (χ1n) is 4.90. The van der Waals surface area contributed by atoms with Gasteiger partial charge in [-0.25, -0.2) is 0 Å². The van der Waals surface area contributed by atoms with Crippen LogP contribution in [0.25, 0.3) is 0 Å². The Morgan fingerprint density at radius 2 is 1.69 bits per heavy atom. The summed E-state index contributed by atoms with van der Waals surface area (Å²) in [4.78, 5) is 23.8. The van der Waals surface area contributed by atoms with E-state index in [-0.39, 0.29) is 11.7 Å². The molecule has 3 nitrogen and oxygen atoms in total. The smallest absolute Gasteiger partial charge is 0.289 e. The van der Waals surface area contributed by atoms with Crippen molar-refractivity contribution in [2.24, 2.45) is 0 Å². The first-order chi connectivity index (χ1) is 6.13. The van der Waals surface area contributed by atoms with E-state index >= 15 is 0 Å². The molecule has 1 fully saturated rings. The number of nitrogens with zero attached hydrogens (tertiary/aromatic N) is 1. The van der Waals surface area contributed by atoms with Crippen LogP contribution in [0.3, 0.4) is 0 Å². The van der Waals surface area contributed by atoms with E-state index in [0.717, 1.165) is 12.8 Å². The van der Waals surface area contributed by atoms with Gasteiger partial charge in [0.1, 0.15) is 0 Å². The molecule has 0 N–H and O–H groups in total. The van der Waals surface area contributed by atoms with E-state index in [1.165, 1.54) is 26.2 Å². The molecule has 0 radical (unpaired) electrons. The second-order valence-corrected chi connectivity index (χ2v) is 3.76. The summed E-state index contributed by atoms with van der Waals surface area (Å²) in [6.07, 6.45) is 5.73. The minimum atomic E-state index is -0.354. The summed E-state index contributed by atoms with van der Waals surface area (Å²) < 4.78 is 0. The highest BCUT2D eigenvalue weighted by Crippen LogP contribution is 2.21. The van der Waals surface area contributed by atoms with Gasteiger partial charge in [-0.2, -0.15) is 0 Å². The van der Waals surface area contributed by atoms with Gasteiger partial charge in [-0.05, 0) is 12.8 Å². The van der Waals surface area contributed by atoms with E-state index < -0.39 is 0 Å². The molecule has 1 rings (SSSR count). The van der Waals surface area contributed by atoms with Crippen molar-refractivity contribution in [3.63, 3.8) is 0 Å². The number of ketones is 1. The van der Waals surface area contributed by atoms with E-state index in [1.54, 1.807) is 11.9 Å². The summed E-state index contributed by atoms with van der Waals surface area (Å²) in [5.41, 5.74) is 0. The molecule has 0 aromatic heterocycles.